The Labute approximate surface area is 202 Å². The van der Waals surface area contributed by atoms with Crippen molar-refractivity contribution in [1.29, 1.82) is 0 Å². The second-order valence-corrected chi connectivity index (χ2v) is 8.29. The Morgan fingerprint density at radius 2 is 1.97 bits per heavy atom. The highest BCUT2D eigenvalue weighted by Gasteiger charge is 2.23. The van der Waals surface area contributed by atoms with Crippen molar-refractivity contribution in [2.75, 3.05) is 24.3 Å². The maximum absolute atomic E-state index is 13.2. The molecule has 192 valence electrons. The van der Waals surface area contributed by atoms with Crippen LogP contribution >= 0.6 is 0 Å². The van der Waals surface area contributed by atoms with Crippen LogP contribution in [0.5, 0.6) is 11.5 Å². The molecule has 1 aromatic carbocycles. The summed E-state index contributed by atoms with van der Waals surface area (Å²) in [6, 6.07) is 4.22. The lowest BCUT2D eigenvalue weighted by molar-refractivity contribution is -0.114. The van der Waals surface area contributed by atoms with Crippen molar-refractivity contribution in [3.05, 3.63) is 50.7 Å². The molecule has 0 spiro atoms. The van der Waals surface area contributed by atoms with E-state index < -0.39 is 23.8 Å². The van der Waals surface area contributed by atoms with Gasteiger partial charge < -0.3 is 20.1 Å². The Hall–Kier alpha value is -3.63. The zero-order chi connectivity index (χ0) is 26.1. The number of alkyl halides is 2. The minimum Gasteiger partial charge on any atom is -0.493 e. The van der Waals surface area contributed by atoms with E-state index in [-0.39, 0.29) is 35.5 Å². The number of ether oxygens (including phenoxy) is 2. The number of amides is 1. The lowest BCUT2D eigenvalue weighted by Crippen LogP contribution is -2.41. The second kappa shape index (κ2) is 12.7. The number of carbonyl (C=O) groups excluding carboxylic acids is 1. The molecule has 0 saturated carbocycles. The van der Waals surface area contributed by atoms with E-state index in [0.717, 1.165) is 6.42 Å². The van der Waals surface area contributed by atoms with Crippen LogP contribution in [0.1, 0.15) is 45.6 Å². The number of hydrogen-bond acceptors (Lipinski definition) is 6. The van der Waals surface area contributed by atoms with Gasteiger partial charge in [0.15, 0.2) is 17.2 Å². The van der Waals surface area contributed by atoms with Crippen molar-refractivity contribution >= 4 is 23.5 Å². The summed E-state index contributed by atoms with van der Waals surface area (Å²) in [5, 5.41) is 0. The van der Waals surface area contributed by atoms with Crippen molar-refractivity contribution in [2.24, 2.45) is 5.92 Å². The topological polar surface area (TPSA) is 120 Å². The van der Waals surface area contributed by atoms with Gasteiger partial charge in [0.1, 0.15) is 5.82 Å². The first kappa shape index (κ1) is 27.6. The number of aromatic amines is 1. The summed E-state index contributed by atoms with van der Waals surface area (Å²) in [5.41, 5.74) is 5.22. The minimum absolute atomic E-state index is 0.0697. The Morgan fingerprint density at radius 3 is 2.57 bits per heavy atom. The maximum Gasteiger partial charge on any atom is 0.387 e. The van der Waals surface area contributed by atoms with Crippen LogP contribution in [-0.2, 0) is 11.3 Å². The number of nitrogens with two attached hydrogens (primary N) is 1. The Balaban J connectivity index is 2.44. The second-order valence-electron chi connectivity index (χ2n) is 8.29. The summed E-state index contributed by atoms with van der Waals surface area (Å²) in [6.45, 7) is 3.40. The smallest absolute Gasteiger partial charge is 0.387 e. The van der Waals surface area contributed by atoms with Crippen LogP contribution in [0.25, 0.3) is 6.08 Å². The summed E-state index contributed by atoms with van der Waals surface area (Å²) in [4.78, 5) is 41.7. The molecular weight excluding hydrogens is 462 g/mol. The largest absolute Gasteiger partial charge is 0.493 e. The number of anilines is 2. The van der Waals surface area contributed by atoms with Gasteiger partial charge in [-0.2, -0.15) is 8.78 Å². The summed E-state index contributed by atoms with van der Waals surface area (Å²) >= 11 is 0. The molecule has 0 atom stereocenters. The van der Waals surface area contributed by atoms with Crippen LogP contribution in [0.2, 0.25) is 0 Å². The quantitative estimate of drug-likeness (QED) is 0.435. The van der Waals surface area contributed by atoms with Crippen LogP contribution in [0.3, 0.4) is 0 Å². The molecule has 0 radical (unpaired) electrons. The molecule has 0 unspecified atom stereocenters. The van der Waals surface area contributed by atoms with Gasteiger partial charge in [0, 0.05) is 19.2 Å². The van der Waals surface area contributed by atoms with Crippen molar-refractivity contribution in [3.63, 3.8) is 0 Å². The van der Waals surface area contributed by atoms with Crippen molar-refractivity contribution in [1.82, 2.24) is 9.55 Å². The normalized spacial score (nSPS) is 11.4. The highest BCUT2D eigenvalue weighted by molar-refractivity contribution is 6.05. The van der Waals surface area contributed by atoms with Gasteiger partial charge >= 0.3 is 12.3 Å². The van der Waals surface area contributed by atoms with Gasteiger partial charge in [0.05, 0.1) is 7.11 Å². The molecule has 2 rings (SSSR count). The van der Waals surface area contributed by atoms with E-state index in [4.69, 9.17) is 10.5 Å². The number of carbonyl (C=O) groups is 1. The van der Waals surface area contributed by atoms with Crippen LogP contribution in [0, 0.1) is 5.92 Å². The first-order valence-corrected chi connectivity index (χ1v) is 11.3. The molecule has 35 heavy (non-hydrogen) atoms. The minimum atomic E-state index is -3.01. The number of unbranched alkanes of at least 4 members (excludes halogenated alkanes) is 1. The van der Waals surface area contributed by atoms with E-state index in [2.05, 4.69) is 9.72 Å². The summed E-state index contributed by atoms with van der Waals surface area (Å²) in [6.07, 6.45) is 4.76. The third kappa shape index (κ3) is 7.43. The van der Waals surface area contributed by atoms with E-state index in [9.17, 15) is 23.2 Å². The lowest BCUT2D eigenvalue weighted by Gasteiger charge is -2.24. The summed E-state index contributed by atoms with van der Waals surface area (Å²) < 4.78 is 35.9. The number of H-pyrrole nitrogens is 1. The number of nitrogens with zero attached hydrogens (tertiary/aromatic N) is 2. The Kier molecular flexibility index (Phi) is 10.0. The van der Waals surface area contributed by atoms with E-state index in [1.807, 2.05) is 20.8 Å². The number of aromatic nitrogens is 2. The first-order chi connectivity index (χ1) is 16.6. The van der Waals surface area contributed by atoms with Gasteiger partial charge in [0.25, 0.3) is 11.5 Å². The van der Waals surface area contributed by atoms with Gasteiger partial charge in [-0.1, -0.05) is 33.3 Å². The molecule has 2 aromatic rings. The van der Waals surface area contributed by atoms with Gasteiger partial charge in [-0.05, 0) is 42.5 Å². The SMILES string of the molecule is CCCCn1c(N)c(N(CCC(C)C)C(=O)/C=C/c2ccc(OC(F)F)c(OC)c2)c(=O)[nH]c1=O. The average Bonchev–Trinajstić information content (AvgIpc) is 2.79. The van der Waals surface area contributed by atoms with Gasteiger partial charge in [-0.15, -0.1) is 0 Å². The third-order valence-corrected chi connectivity index (χ3v) is 5.24. The molecule has 0 bridgehead atoms. The molecular formula is C24H32F2N4O5. The zero-order valence-electron chi connectivity index (χ0n) is 20.3. The predicted octanol–water partition coefficient (Wildman–Crippen LogP) is 3.62. The van der Waals surface area contributed by atoms with E-state index in [1.54, 1.807) is 0 Å². The highest BCUT2D eigenvalue weighted by atomic mass is 19.3. The molecule has 0 aliphatic rings. The predicted molar refractivity (Wildman–Crippen MR) is 131 cm³/mol. The molecule has 0 aliphatic carbocycles. The van der Waals surface area contributed by atoms with Crippen molar-refractivity contribution in [3.8, 4) is 11.5 Å². The third-order valence-electron chi connectivity index (χ3n) is 5.24. The monoisotopic (exact) mass is 494 g/mol. The van der Waals surface area contributed by atoms with Crippen LogP contribution in [-0.4, -0.2) is 35.7 Å². The van der Waals surface area contributed by atoms with Crippen LogP contribution in [0.4, 0.5) is 20.3 Å². The molecule has 0 saturated heterocycles. The fourth-order valence-corrected chi connectivity index (χ4v) is 3.33. The Bertz CT molecular complexity index is 1160. The van der Waals surface area contributed by atoms with Gasteiger partial charge in [-0.25, -0.2) is 4.79 Å². The number of hydrogen-bond donors (Lipinski definition) is 2. The number of nitrogen functional groups attached to an aromatic ring is 1. The molecule has 3 N–H and O–H groups in total. The lowest BCUT2D eigenvalue weighted by atomic mass is 10.1. The molecule has 0 fully saturated rings. The Morgan fingerprint density at radius 1 is 1.26 bits per heavy atom. The fourth-order valence-electron chi connectivity index (χ4n) is 3.33. The van der Waals surface area contributed by atoms with Gasteiger partial charge in [0.2, 0.25) is 0 Å². The van der Waals surface area contributed by atoms with E-state index in [0.29, 0.717) is 24.9 Å². The molecule has 1 aromatic heterocycles. The maximum atomic E-state index is 13.2. The zero-order valence-corrected chi connectivity index (χ0v) is 20.3. The number of benzene rings is 1. The molecule has 0 aliphatic heterocycles. The van der Waals surface area contributed by atoms with Crippen LogP contribution < -0.4 is 31.4 Å². The molecule has 1 heterocycles. The average molecular weight is 495 g/mol. The van der Waals surface area contributed by atoms with E-state index >= 15 is 0 Å². The fraction of sp³-hybridized carbons (Fsp3) is 0.458. The number of nitrogens with one attached hydrogen (secondary N) is 1. The first-order valence-electron chi connectivity index (χ1n) is 11.3. The van der Waals surface area contributed by atoms with E-state index in [1.165, 1.54) is 46.9 Å². The standard InChI is InChI=1S/C24H32F2N4O5/c1-5-6-12-30-21(27)20(22(32)28-24(30)33)29(13-11-15(2)3)19(31)10-8-16-7-9-17(35-23(25)26)18(14-16)34-4/h7-10,14-15,23H,5-6,11-13,27H2,1-4H3,(H,28,32,33)/b10-8+. The number of halogens is 2. The molecule has 1 amide bonds. The van der Waals surface area contributed by atoms with Gasteiger partial charge in [-0.3, -0.25) is 19.1 Å². The van der Waals surface area contributed by atoms with Crippen LogP contribution in [0.15, 0.2) is 33.9 Å². The summed E-state index contributed by atoms with van der Waals surface area (Å²) in [5.74, 6) is -0.450. The molecule has 9 nitrogen and oxygen atoms in total. The number of methoxy groups -OCH3 is 1. The van der Waals surface area contributed by atoms with Crippen molar-refractivity contribution < 1.29 is 23.0 Å². The highest BCUT2D eigenvalue weighted by Crippen LogP contribution is 2.30. The summed E-state index contributed by atoms with van der Waals surface area (Å²) in [7, 11) is 1.31. The number of rotatable bonds is 12. The van der Waals surface area contributed by atoms with Crippen molar-refractivity contribution in [2.45, 2.75) is 53.2 Å². The molecule has 11 heteroatoms.